The van der Waals surface area contributed by atoms with Crippen LogP contribution in [0.5, 0.6) is 11.5 Å². The first kappa shape index (κ1) is 49.0. The van der Waals surface area contributed by atoms with Crippen molar-refractivity contribution in [2.45, 2.75) is 125 Å². The molecule has 1 fully saturated rings. The van der Waals surface area contributed by atoms with E-state index in [1.54, 1.807) is 55.8 Å². The molecule has 15 heteroatoms. The van der Waals surface area contributed by atoms with Gasteiger partial charge in [0.15, 0.2) is 11.5 Å². The smallest absolute Gasteiger partial charge is 0.412 e. The zero-order valence-electron chi connectivity index (χ0n) is 36.3. The number of hydrogen-bond donors (Lipinski definition) is 2. The summed E-state index contributed by atoms with van der Waals surface area (Å²) >= 11 is 0. The molecule has 1 heterocycles. The third-order valence-electron chi connectivity index (χ3n) is 10.0. The molecule has 0 aliphatic carbocycles. The largest absolute Gasteiger partial charge is 0.493 e. The van der Waals surface area contributed by atoms with E-state index < -0.39 is 65.5 Å². The van der Waals surface area contributed by atoms with Crippen LogP contribution >= 0.6 is 0 Å². The molecule has 2 rings (SSSR count). The monoisotopic (exact) mass is 807 g/mol. The molecule has 0 saturated carbocycles. The van der Waals surface area contributed by atoms with E-state index in [1.165, 1.54) is 4.90 Å². The standard InChI is InChI=1S/C42H69N3O12/c1-13-53-36(46)23-35(38(48)57-41(6,7)8)56-40(50)45-25-55-33(22-30(27(4)5)37(47)44-24-42(9,10)39(43)49)31(45)21-29(26(2)3)19-28-15-16-32(52-12)34(20-28)54-18-14-17-51-11/h15-16,20,26-27,29-31,33,35H,13-14,17-19,21-25H2,1-12H3,(H2,43,49)(H,44,47)/t29-,30-,31-,33-,35?/m0/s1. The summed E-state index contributed by atoms with van der Waals surface area (Å²) in [6.07, 6.45) is -1.56. The van der Waals surface area contributed by atoms with Crippen LogP contribution in [0.15, 0.2) is 18.2 Å². The summed E-state index contributed by atoms with van der Waals surface area (Å²) in [5.41, 5.74) is 4.68. The van der Waals surface area contributed by atoms with Gasteiger partial charge in [0.25, 0.3) is 0 Å². The van der Waals surface area contributed by atoms with Crippen molar-refractivity contribution < 1.29 is 57.1 Å². The summed E-state index contributed by atoms with van der Waals surface area (Å²) in [5, 5.41) is 2.90. The minimum atomic E-state index is -1.57. The van der Waals surface area contributed by atoms with Crippen LogP contribution < -0.4 is 20.5 Å². The predicted octanol–water partition coefficient (Wildman–Crippen LogP) is 5.43. The summed E-state index contributed by atoms with van der Waals surface area (Å²) in [6, 6.07) is 5.22. The lowest BCUT2D eigenvalue weighted by Crippen LogP contribution is -2.47. The van der Waals surface area contributed by atoms with Gasteiger partial charge in [0.2, 0.25) is 17.9 Å². The van der Waals surface area contributed by atoms with Gasteiger partial charge in [-0.05, 0) is 96.3 Å². The van der Waals surface area contributed by atoms with E-state index in [0.29, 0.717) is 44.0 Å². The molecule has 0 spiro atoms. The van der Waals surface area contributed by atoms with E-state index in [2.05, 4.69) is 19.2 Å². The lowest BCUT2D eigenvalue weighted by molar-refractivity contribution is -0.169. The van der Waals surface area contributed by atoms with Gasteiger partial charge in [-0.25, -0.2) is 9.59 Å². The molecule has 0 bridgehead atoms. The van der Waals surface area contributed by atoms with Crippen molar-refractivity contribution in [1.82, 2.24) is 10.2 Å². The summed E-state index contributed by atoms with van der Waals surface area (Å²) in [4.78, 5) is 67.0. The first-order chi connectivity index (χ1) is 26.6. The second-order valence-corrected chi connectivity index (χ2v) is 17.0. The average molecular weight is 808 g/mol. The maximum Gasteiger partial charge on any atom is 0.412 e. The Balaban J connectivity index is 2.51. The number of carbonyl (C=O) groups excluding carboxylic acids is 5. The molecular weight excluding hydrogens is 738 g/mol. The number of carbonyl (C=O) groups is 5. The summed E-state index contributed by atoms with van der Waals surface area (Å²) in [5.74, 6) is -1.74. The number of methoxy groups -OCH3 is 2. The van der Waals surface area contributed by atoms with Crippen LogP contribution in [0, 0.1) is 29.1 Å². The van der Waals surface area contributed by atoms with Crippen LogP contribution in [-0.2, 0) is 49.3 Å². The highest BCUT2D eigenvalue weighted by atomic mass is 16.6. The second kappa shape index (κ2) is 22.7. The van der Waals surface area contributed by atoms with E-state index in [4.69, 9.17) is 38.9 Å². The molecular formula is C42H69N3O12. The van der Waals surface area contributed by atoms with Crippen molar-refractivity contribution in [3.8, 4) is 11.5 Å². The van der Waals surface area contributed by atoms with Gasteiger partial charge in [-0.3, -0.25) is 19.3 Å². The van der Waals surface area contributed by atoms with Crippen molar-refractivity contribution in [3.63, 3.8) is 0 Å². The number of nitrogens with one attached hydrogen (secondary N) is 1. The van der Waals surface area contributed by atoms with Crippen LogP contribution in [0.2, 0.25) is 0 Å². The molecule has 15 nitrogen and oxygen atoms in total. The van der Waals surface area contributed by atoms with Gasteiger partial charge in [-0.2, -0.15) is 0 Å². The highest BCUT2D eigenvalue weighted by Gasteiger charge is 2.44. The maximum absolute atomic E-state index is 14.1. The van der Waals surface area contributed by atoms with E-state index in [0.717, 1.165) is 5.56 Å². The lowest BCUT2D eigenvalue weighted by atomic mass is 9.80. The highest BCUT2D eigenvalue weighted by Crippen LogP contribution is 2.36. The summed E-state index contributed by atoms with van der Waals surface area (Å²) in [6.45, 7) is 19.0. The Morgan fingerprint density at radius 3 is 2.21 bits per heavy atom. The zero-order valence-corrected chi connectivity index (χ0v) is 36.3. The number of nitrogens with zero attached hydrogens (tertiary/aromatic N) is 1. The van der Waals surface area contributed by atoms with Crippen LogP contribution in [0.25, 0.3) is 0 Å². The molecule has 324 valence electrons. The summed E-state index contributed by atoms with van der Waals surface area (Å²) < 4.78 is 39.4. The van der Waals surface area contributed by atoms with Gasteiger partial charge in [0.1, 0.15) is 12.3 Å². The number of nitrogens with two attached hydrogens (primary N) is 1. The molecule has 1 aromatic rings. The van der Waals surface area contributed by atoms with Gasteiger partial charge in [0.05, 0.1) is 44.3 Å². The first-order valence-electron chi connectivity index (χ1n) is 20.0. The number of rotatable bonds is 23. The van der Waals surface area contributed by atoms with Crippen LogP contribution in [0.3, 0.4) is 0 Å². The fraction of sp³-hybridized carbons (Fsp3) is 0.738. The molecule has 3 amide bonds. The van der Waals surface area contributed by atoms with Gasteiger partial charge < -0.3 is 44.2 Å². The second-order valence-electron chi connectivity index (χ2n) is 17.0. The summed E-state index contributed by atoms with van der Waals surface area (Å²) in [7, 11) is 3.23. The molecule has 1 aliphatic heterocycles. The number of primary amides is 1. The van der Waals surface area contributed by atoms with Crippen molar-refractivity contribution >= 4 is 29.8 Å². The molecule has 1 aromatic carbocycles. The Morgan fingerprint density at radius 2 is 1.65 bits per heavy atom. The average Bonchev–Trinajstić information content (AvgIpc) is 3.51. The number of esters is 2. The van der Waals surface area contributed by atoms with Crippen LogP contribution in [0.1, 0.15) is 100 Å². The molecule has 0 radical (unpaired) electrons. The fourth-order valence-corrected chi connectivity index (χ4v) is 6.39. The van der Waals surface area contributed by atoms with Crippen molar-refractivity contribution in [2.24, 2.45) is 34.8 Å². The van der Waals surface area contributed by atoms with Crippen LogP contribution in [-0.4, -0.2) is 106 Å². The SMILES string of the molecule is CCOC(=O)CC(OC(=O)N1CO[C@@H](C[C@H](C(=O)NCC(C)(C)C(N)=O)C(C)C)[C@@H]1C[C@H](Cc1ccc(OC)c(OCCCOC)c1)C(C)C)C(=O)OC(C)(C)C. The number of benzene rings is 1. The maximum atomic E-state index is 14.1. The third kappa shape index (κ3) is 16.0. The Labute approximate surface area is 339 Å². The fourth-order valence-electron chi connectivity index (χ4n) is 6.39. The van der Waals surface area contributed by atoms with Gasteiger partial charge >= 0.3 is 18.0 Å². The molecule has 1 aliphatic rings. The van der Waals surface area contributed by atoms with Crippen molar-refractivity contribution in [3.05, 3.63) is 23.8 Å². The topological polar surface area (TPSA) is 191 Å². The van der Waals surface area contributed by atoms with Crippen LogP contribution in [0.4, 0.5) is 4.79 Å². The molecule has 0 aromatic heterocycles. The number of hydrogen-bond acceptors (Lipinski definition) is 12. The van der Waals surface area contributed by atoms with Gasteiger partial charge in [-0.15, -0.1) is 0 Å². The Kier molecular flexibility index (Phi) is 19.6. The van der Waals surface area contributed by atoms with Crippen molar-refractivity contribution in [2.75, 3.05) is 47.3 Å². The third-order valence-corrected chi connectivity index (χ3v) is 10.0. The quantitative estimate of drug-likeness (QED) is 0.0811. The number of amides is 3. The van der Waals surface area contributed by atoms with E-state index in [-0.39, 0.29) is 50.0 Å². The predicted molar refractivity (Wildman–Crippen MR) is 213 cm³/mol. The highest BCUT2D eigenvalue weighted by molar-refractivity contribution is 5.85. The molecule has 5 atom stereocenters. The Hall–Kier alpha value is -4.11. The van der Waals surface area contributed by atoms with Crippen molar-refractivity contribution in [1.29, 1.82) is 0 Å². The minimum absolute atomic E-state index is 0.00638. The zero-order chi connectivity index (χ0) is 43.1. The minimum Gasteiger partial charge on any atom is -0.493 e. The lowest BCUT2D eigenvalue weighted by Gasteiger charge is -2.33. The van der Waals surface area contributed by atoms with E-state index in [1.807, 2.05) is 32.0 Å². The Bertz CT molecular complexity index is 1470. The molecule has 1 unspecified atom stereocenters. The first-order valence-corrected chi connectivity index (χ1v) is 20.0. The Morgan fingerprint density at radius 1 is 0.965 bits per heavy atom. The molecule has 57 heavy (non-hydrogen) atoms. The van der Waals surface area contributed by atoms with Gasteiger partial charge in [0, 0.05) is 32.6 Å². The van der Waals surface area contributed by atoms with E-state index >= 15 is 0 Å². The normalized spacial score (nSPS) is 17.5. The molecule has 1 saturated heterocycles. The number of ether oxygens (including phenoxy) is 7. The van der Waals surface area contributed by atoms with E-state index in [9.17, 15) is 24.0 Å². The van der Waals surface area contributed by atoms with Gasteiger partial charge in [-0.1, -0.05) is 33.8 Å². The molecule has 3 N–H and O–H groups in total.